The van der Waals surface area contributed by atoms with Gasteiger partial charge in [0.15, 0.2) is 15.7 Å². The molecular formula is C12H16ClN3O4S. The summed E-state index contributed by atoms with van der Waals surface area (Å²) < 4.78 is 21.6. The van der Waals surface area contributed by atoms with Gasteiger partial charge in [-0.2, -0.15) is 0 Å². The predicted octanol–water partition coefficient (Wildman–Crippen LogP) is 1.20. The smallest absolute Gasteiger partial charge is 0.245 e. The highest BCUT2D eigenvalue weighted by Gasteiger charge is 2.38. The maximum atomic E-state index is 12.1. The Morgan fingerprint density at radius 1 is 1.43 bits per heavy atom. The Kier molecular flexibility index (Phi) is 4.85. The summed E-state index contributed by atoms with van der Waals surface area (Å²) >= 11 is 5.95. The Labute approximate surface area is 127 Å². The first kappa shape index (κ1) is 17.3. The molecule has 4 N–H and O–H groups in total. The minimum Gasteiger partial charge on any atom is -0.409 e. The molecule has 7 nitrogen and oxygen atoms in total. The molecule has 0 unspecified atom stereocenters. The molecule has 0 atom stereocenters. The first-order valence-electron chi connectivity index (χ1n) is 5.79. The second-order valence-electron chi connectivity index (χ2n) is 4.92. The van der Waals surface area contributed by atoms with Crippen LogP contribution in [0.25, 0.3) is 0 Å². The lowest BCUT2D eigenvalue weighted by atomic mass is 10.1. The summed E-state index contributed by atoms with van der Waals surface area (Å²) in [4.78, 5) is 12.1. The standard InChI is InChI=1S/C12H16ClN3O4S/c1-12(2,21(3,19)20)11(17)15-9-6-7(10(14)16-18)4-5-8(9)13/h4-6,18H,1-3H3,(H2,14,16)(H,15,17). The van der Waals surface area contributed by atoms with Crippen LogP contribution in [0.4, 0.5) is 5.69 Å². The van der Waals surface area contributed by atoms with Gasteiger partial charge in [-0.3, -0.25) is 4.79 Å². The van der Waals surface area contributed by atoms with Crippen LogP contribution in [-0.4, -0.2) is 36.4 Å². The van der Waals surface area contributed by atoms with E-state index in [9.17, 15) is 13.2 Å². The molecule has 0 aromatic heterocycles. The van der Waals surface area contributed by atoms with Crippen LogP contribution < -0.4 is 11.1 Å². The zero-order valence-electron chi connectivity index (χ0n) is 11.7. The van der Waals surface area contributed by atoms with Crippen molar-refractivity contribution in [2.24, 2.45) is 10.9 Å². The van der Waals surface area contributed by atoms with Crippen molar-refractivity contribution in [1.29, 1.82) is 0 Å². The number of hydrogen-bond donors (Lipinski definition) is 3. The van der Waals surface area contributed by atoms with Gasteiger partial charge in [0.2, 0.25) is 5.91 Å². The van der Waals surface area contributed by atoms with Gasteiger partial charge in [0, 0.05) is 11.8 Å². The summed E-state index contributed by atoms with van der Waals surface area (Å²) in [5.41, 5.74) is 5.94. The van der Waals surface area contributed by atoms with E-state index in [1.807, 2.05) is 0 Å². The topological polar surface area (TPSA) is 122 Å². The molecular weight excluding hydrogens is 318 g/mol. The van der Waals surface area contributed by atoms with E-state index >= 15 is 0 Å². The zero-order chi connectivity index (χ0) is 16.4. The monoisotopic (exact) mass is 333 g/mol. The number of halogens is 1. The number of oxime groups is 1. The molecule has 9 heteroatoms. The van der Waals surface area contributed by atoms with Crippen LogP contribution in [0.3, 0.4) is 0 Å². The van der Waals surface area contributed by atoms with Crippen LogP contribution >= 0.6 is 11.6 Å². The van der Waals surface area contributed by atoms with Crippen molar-refractivity contribution in [2.75, 3.05) is 11.6 Å². The molecule has 0 fully saturated rings. The average Bonchev–Trinajstić information content (AvgIpc) is 2.38. The van der Waals surface area contributed by atoms with Gasteiger partial charge in [-0.15, -0.1) is 0 Å². The summed E-state index contributed by atoms with van der Waals surface area (Å²) in [5, 5.41) is 14.1. The number of nitrogens with two attached hydrogens (primary N) is 1. The van der Waals surface area contributed by atoms with E-state index in [-0.39, 0.29) is 16.5 Å². The molecule has 0 bridgehead atoms. The SMILES string of the molecule is CC(C)(C(=O)Nc1cc(/C(N)=N/O)ccc1Cl)S(C)(=O)=O. The molecule has 0 saturated heterocycles. The Morgan fingerprint density at radius 2 is 2.00 bits per heavy atom. The number of amides is 1. The van der Waals surface area contributed by atoms with Crippen LogP contribution in [0.2, 0.25) is 5.02 Å². The first-order chi connectivity index (χ1) is 9.50. The fourth-order valence-corrected chi connectivity index (χ4v) is 1.83. The van der Waals surface area contributed by atoms with Crippen molar-refractivity contribution in [2.45, 2.75) is 18.6 Å². The maximum absolute atomic E-state index is 12.1. The number of nitrogens with one attached hydrogen (secondary N) is 1. The number of benzene rings is 1. The third kappa shape index (κ3) is 3.64. The fourth-order valence-electron chi connectivity index (χ4n) is 1.28. The number of carbonyl (C=O) groups is 1. The maximum Gasteiger partial charge on any atom is 0.245 e. The van der Waals surface area contributed by atoms with E-state index < -0.39 is 20.5 Å². The van der Waals surface area contributed by atoms with Crippen LogP contribution in [0, 0.1) is 0 Å². The summed E-state index contributed by atoms with van der Waals surface area (Å²) in [6.45, 7) is 2.58. The van der Waals surface area contributed by atoms with E-state index in [0.29, 0.717) is 5.56 Å². The van der Waals surface area contributed by atoms with Gasteiger partial charge in [-0.25, -0.2) is 8.42 Å². The van der Waals surface area contributed by atoms with Gasteiger partial charge >= 0.3 is 0 Å². The minimum absolute atomic E-state index is 0.162. The largest absolute Gasteiger partial charge is 0.409 e. The quantitative estimate of drug-likeness (QED) is 0.331. The third-order valence-corrected chi connectivity index (χ3v) is 5.46. The molecule has 0 aliphatic heterocycles. The molecule has 0 radical (unpaired) electrons. The van der Waals surface area contributed by atoms with E-state index in [0.717, 1.165) is 6.26 Å². The third-order valence-electron chi connectivity index (χ3n) is 3.09. The summed E-state index contributed by atoms with van der Waals surface area (Å²) in [5.74, 6) is -0.895. The minimum atomic E-state index is -3.61. The lowest BCUT2D eigenvalue weighted by Gasteiger charge is -2.22. The molecule has 116 valence electrons. The highest BCUT2D eigenvalue weighted by molar-refractivity contribution is 7.92. The van der Waals surface area contributed by atoms with Gasteiger partial charge in [0.05, 0.1) is 10.7 Å². The van der Waals surface area contributed by atoms with Crippen molar-refractivity contribution < 1.29 is 18.4 Å². The molecule has 1 aromatic carbocycles. The number of hydrogen-bond acceptors (Lipinski definition) is 5. The molecule has 1 amide bonds. The molecule has 0 spiro atoms. The van der Waals surface area contributed by atoms with E-state index in [4.69, 9.17) is 22.5 Å². The van der Waals surface area contributed by atoms with Crippen LogP contribution in [0.5, 0.6) is 0 Å². The fraction of sp³-hybridized carbons (Fsp3) is 0.333. The highest BCUT2D eigenvalue weighted by Crippen LogP contribution is 2.25. The number of anilines is 1. The molecule has 1 aromatic rings. The molecule has 0 aliphatic carbocycles. The Morgan fingerprint density at radius 3 is 2.48 bits per heavy atom. The molecule has 0 heterocycles. The number of nitrogens with zero attached hydrogens (tertiary/aromatic N) is 1. The number of carbonyl (C=O) groups excluding carboxylic acids is 1. The second kappa shape index (κ2) is 5.90. The second-order valence-corrected chi connectivity index (χ2v) is 7.89. The van der Waals surface area contributed by atoms with E-state index in [1.54, 1.807) is 0 Å². The lowest BCUT2D eigenvalue weighted by molar-refractivity contribution is -0.117. The number of sulfone groups is 1. The Hall–Kier alpha value is -1.80. The van der Waals surface area contributed by atoms with Gasteiger partial charge in [0.25, 0.3) is 0 Å². The molecule has 0 saturated carbocycles. The summed E-state index contributed by atoms with van der Waals surface area (Å²) in [6.07, 6.45) is 0.973. The normalized spacial score (nSPS) is 13.0. The molecule has 1 rings (SSSR count). The van der Waals surface area contributed by atoms with Gasteiger partial charge in [-0.05, 0) is 32.0 Å². The van der Waals surface area contributed by atoms with Crippen LogP contribution in [0.1, 0.15) is 19.4 Å². The van der Waals surface area contributed by atoms with Gasteiger partial charge in [-0.1, -0.05) is 16.8 Å². The Bertz CT molecular complexity index is 698. The van der Waals surface area contributed by atoms with Crippen LogP contribution in [0.15, 0.2) is 23.4 Å². The Balaban J connectivity index is 3.17. The van der Waals surface area contributed by atoms with Crippen molar-refractivity contribution in [3.63, 3.8) is 0 Å². The average molecular weight is 334 g/mol. The van der Waals surface area contributed by atoms with Gasteiger partial charge < -0.3 is 16.3 Å². The highest BCUT2D eigenvalue weighted by atomic mass is 35.5. The van der Waals surface area contributed by atoms with Crippen molar-refractivity contribution in [3.05, 3.63) is 28.8 Å². The number of rotatable bonds is 4. The van der Waals surface area contributed by atoms with Crippen LogP contribution in [-0.2, 0) is 14.6 Å². The van der Waals surface area contributed by atoms with Gasteiger partial charge in [0.1, 0.15) is 4.75 Å². The van der Waals surface area contributed by atoms with Crippen molar-refractivity contribution >= 4 is 38.9 Å². The molecule has 0 aliphatic rings. The van der Waals surface area contributed by atoms with E-state index in [2.05, 4.69) is 10.5 Å². The number of amidine groups is 1. The predicted molar refractivity (Wildman–Crippen MR) is 81.5 cm³/mol. The van der Waals surface area contributed by atoms with E-state index in [1.165, 1.54) is 32.0 Å². The summed E-state index contributed by atoms with van der Waals surface area (Å²) in [7, 11) is -3.61. The van der Waals surface area contributed by atoms with Crippen molar-refractivity contribution in [3.8, 4) is 0 Å². The summed E-state index contributed by atoms with van der Waals surface area (Å²) in [6, 6.07) is 4.32. The van der Waals surface area contributed by atoms with Crippen molar-refractivity contribution in [1.82, 2.24) is 0 Å². The first-order valence-corrected chi connectivity index (χ1v) is 8.06. The molecule has 21 heavy (non-hydrogen) atoms. The lowest BCUT2D eigenvalue weighted by Crippen LogP contribution is -2.43. The zero-order valence-corrected chi connectivity index (χ0v) is 13.3.